The molecular weight excluding hydrogens is 410 g/mol. The van der Waals surface area contributed by atoms with Crippen LogP contribution >= 0.6 is 0 Å². The van der Waals surface area contributed by atoms with Gasteiger partial charge in [-0.1, -0.05) is 60.7 Å². The quantitative estimate of drug-likeness (QED) is 0.674. The SMILES string of the molecule is CN1CC=C(c2cccc3cc(C(=O)N4CC(=O)N[C@@H](Cc5ccccc5)C4)ccc23)CC1. The molecule has 2 amide bonds. The molecule has 0 aromatic heterocycles. The highest BCUT2D eigenvalue weighted by molar-refractivity contribution is 6.02. The average Bonchev–Trinajstić information content (AvgIpc) is 2.83. The number of benzene rings is 3. The van der Waals surface area contributed by atoms with Gasteiger partial charge in [0.25, 0.3) is 5.91 Å². The number of nitrogens with one attached hydrogen (secondary N) is 1. The van der Waals surface area contributed by atoms with Gasteiger partial charge in [0.05, 0.1) is 12.6 Å². The minimum absolute atomic E-state index is 0.0824. The van der Waals surface area contributed by atoms with Crippen LogP contribution in [-0.2, 0) is 11.2 Å². The highest BCUT2D eigenvalue weighted by Gasteiger charge is 2.28. The Bertz CT molecular complexity index is 1220. The van der Waals surface area contributed by atoms with Crippen LogP contribution in [0.4, 0.5) is 0 Å². The molecule has 1 fully saturated rings. The number of hydrogen-bond acceptors (Lipinski definition) is 3. The number of carbonyl (C=O) groups excluding carboxylic acids is 2. The van der Waals surface area contributed by atoms with Gasteiger partial charge in [-0.15, -0.1) is 0 Å². The Balaban J connectivity index is 1.37. The summed E-state index contributed by atoms with van der Waals surface area (Å²) in [5, 5.41) is 5.26. The molecule has 0 spiro atoms. The van der Waals surface area contributed by atoms with Crippen molar-refractivity contribution < 1.29 is 9.59 Å². The van der Waals surface area contributed by atoms with E-state index >= 15 is 0 Å². The summed E-state index contributed by atoms with van der Waals surface area (Å²) in [6.45, 7) is 2.63. The first-order chi connectivity index (χ1) is 16.1. The molecule has 2 heterocycles. The third-order valence-corrected chi connectivity index (χ3v) is 6.64. The van der Waals surface area contributed by atoms with Gasteiger partial charge in [-0.05, 0) is 59.5 Å². The van der Waals surface area contributed by atoms with Gasteiger partial charge in [-0.3, -0.25) is 9.59 Å². The van der Waals surface area contributed by atoms with Crippen LogP contribution in [0.1, 0.15) is 27.9 Å². The fraction of sp³-hybridized carbons (Fsp3) is 0.286. The maximum absolute atomic E-state index is 13.3. The van der Waals surface area contributed by atoms with Crippen molar-refractivity contribution in [1.29, 1.82) is 0 Å². The van der Waals surface area contributed by atoms with Crippen LogP contribution in [0.3, 0.4) is 0 Å². The van der Waals surface area contributed by atoms with Gasteiger partial charge in [-0.2, -0.15) is 0 Å². The van der Waals surface area contributed by atoms with Crippen molar-refractivity contribution in [3.63, 3.8) is 0 Å². The molecule has 0 aliphatic carbocycles. The predicted molar refractivity (Wildman–Crippen MR) is 132 cm³/mol. The van der Waals surface area contributed by atoms with Crippen molar-refractivity contribution in [3.05, 3.63) is 89.5 Å². The van der Waals surface area contributed by atoms with Crippen LogP contribution in [0.5, 0.6) is 0 Å². The maximum atomic E-state index is 13.3. The zero-order valence-corrected chi connectivity index (χ0v) is 19.0. The summed E-state index contributed by atoms with van der Waals surface area (Å²) in [5.74, 6) is -0.193. The molecule has 5 nitrogen and oxygen atoms in total. The Kier molecular flexibility index (Phi) is 5.97. The monoisotopic (exact) mass is 439 g/mol. The number of amides is 2. The van der Waals surface area contributed by atoms with Gasteiger partial charge in [0.2, 0.25) is 5.91 Å². The third kappa shape index (κ3) is 4.69. The average molecular weight is 440 g/mol. The molecule has 168 valence electrons. The number of nitrogens with zero attached hydrogens (tertiary/aromatic N) is 2. The summed E-state index contributed by atoms with van der Waals surface area (Å²) in [6.07, 6.45) is 4.04. The van der Waals surface area contributed by atoms with Crippen molar-refractivity contribution in [3.8, 4) is 0 Å². The molecule has 5 rings (SSSR count). The van der Waals surface area contributed by atoms with Gasteiger partial charge >= 0.3 is 0 Å². The maximum Gasteiger partial charge on any atom is 0.254 e. The van der Waals surface area contributed by atoms with E-state index in [-0.39, 0.29) is 24.4 Å². The van der Waals surface area contributed by atoms with Gasteiger partial charge < -0.3 is 15.1 Å². The minimum atomic E-state index is -0.104. The van der Waals surface area contributed by atoms with Crippen molar-refractivity contribution in [2.45, 2.75) is 18.9 Å². The number of carbonyl (C=O) groups is 2. The van der Waals surface area contributed by atoms with Crippen molar-refractivity contribution >= 4 is 28.2 Å². The summed E-state index contributed by atoms with van der Waals surface area (Å²) in [4.78, 5) is 29.7. The molecule has 1 N–H and O–H groups in total. The summed E-state index contributed by atoms with van der Waals surface area (Å²) in [7, 11) is 2.14. The van der Waals surface area contributed by atoms with E-state index in [2.05, 4.69) is 47.6 Å². The van der Waals surface area contributed by atoms with E-state index in [4.69, 9.17) is 0 Å². The molecule has 1 atom stereocenters. The normalized spacial score (nSPS) is 19.3. The smallest absolute Gasteiger partial charge is 0.254 e. The number of fused-ring (bicyclic) bond motifs is 1. The number of likely N-dealkylation sites (N-methyl/N-ethyl adjacent to an activating group) is 1. The first-order valence-electron chi connectivity index (χ1n) is 11.6. The number of rotatable bonds is 4. The van der Waals surface area contributed by atoms with E-state index in [0.717, 1.165) is 30.5 Å². The van der Waals surface area contributed by atoms with E-state index in [1.807, 2.05) is 42.5 Å². The third-order valence-electron chi connectivity index (χ3n) is 6.64. The second-order valence-corrected chi connectivity index (χ2v) is 9.12. The largest absolute Gasteiger partial charge is 0.350 e. The molecule has 0 bridgehead atoms. The molecular formula is C28H29N3O2. The Morgan fingerprint density at radius 1 is 1.06 bits per heavy atom. The Morgan fingerprint density at radius 3 is 2.70 bits per heavy atom. The van der Waals surface area contributed by atoms with Gasteiger partial charge in [0, 0.05) is 25.2 Å². The van der Waals surface area contributed by atoms with Gasteiger partial charge in [0.15, 0.2) is 0 Å². The molecule has 0 saturated carbocycles. The molecule has 2 aliphatic rings. The lowest BCUT2D eigenvalue weighted by atomic mass is 9.93. The molecule has 1 saturated heterocycles. The summed E-state index contributed by atoms with van der Waals surface area (Å²) < 4.78 is 0. The van der Waals surface area contributed by atoms with Gasteiger partial charge in [-0.25, -0.2) is 0 Å². The lowest BCUT2D eigenvalue weighted by Crippen LogP contribution is -2.56. The summed E-state index contributed by atoms with van der Waals surface area (Å²) in [6, 6.07) is 22.2. The van der Waals surface area contributed by atoms with E-state index in [0.29, 0.717) is 18.5 Å². The fourth-order valence-electron chi connectivity index (χ4n) is 4.89. The Labute approximate surface area is 194 Å². The molecule has 0 radical (unpaired) electrons. The van der Waals surface area contributed by atoms with E-state index < -0.39 is 0 Å². The zero-order chi connectivity index (χ0) is 22.8. The molecule has 3 aromatic carbocycles. The van der Waals surface area contributed by atoms with Crippen LogP contribution in [-0.4, -0.2) is 60.9 Å². The lowest BCUT2D eigenvalue weighted by molar-refractivity contribution is -0.124. The zero-order valence-electron chi connectivity index (χ0n) is 19.0. The molecule has 33 heavy (non-hydrogen) atoms. The Hall–Kier alpha value is -3.44. The van der Waals surface area contributed by atoms with Crippen molar-refractivity contribution in [1.82, 2.24) is 15.1 Å². The number of piperazine rings is 1. The fourth-order valence-corrected chi connectivity index (χ4v) is 4.89. The first kappa shape index (κ1) is 21.4. The van der Waals surface area contributed by atoms with E-state index in [1.54, 1.807) is 4.90 Å². The molecule has 5 heteroatoms. The minimum Gasteiger partial charge on any atom is -0.350 e. The summed E-state index contributed by atoms with van der Waals surface area (Å²) >= 11 is 0. The van der Waals surface area contributed by atoms with Gasteiger partial charge in [0.1, 0.15) is 0 Å². The molecule has 3 aromatic rings. The van der Waals surface area contributed by atoms with Crippen LogP contribution in [0.25, 0.3) is 16.3 Å². The van der Waals surface area contributed by atoms with E-state index in [1.165, 1.54) is 16.5 Å². The van der Waals surface area contributed by atoms with Crippen molar-refractivity contribution in [2.75, 3.05) is 33.2 Å². The second kappa shape index (κ2) is 9.20. The standard InChI is InChI=1S/C28H29N3O2/c1-30-14-12-21(13-15-30)25-9-5-8-22-17-23(10-11-26(22)25)28(33)31-18-24(29-27(32)19-31)16-20-6-3-2-4-7-20/h2-12,17,24H,13-16,18-19H2,1H3,(H,29,32)/t24-/m0/s1. The topological polar surface area (TPSA) is 52.7 Å². The van der Waals surface area contributed by atoms with Crippen LogP contribution in [0.15, 0.2) is 72.8 Å². The predicted octanol–water partition coefficient (Wildman–Crippen LogP) is 3.74. The van der Waals surface area contributed by atoms with Crippen molar-refractivity contribution in [2.24, 2.45) is 0 Å². The second-order valence-electron chi connectivity index (χ2n) is 9.12. The van der Waals surface area contributed by atoms with Crippen LogP contribution in [0, 0.1) is 0 Å². The highest BCUT2D eigenvalue weighted by Crippen LogP contribution is 2.30. The first-order valence-corrected chi connectivity index (χ1v) is 11.6. The Morgan fingerprint density at radius 2 is 1.91 bits per heavy atom. The molecule has 2 aliphatic heterocycles. The highest BCUT2D eigenvalue weighted by atomic mass is 16.2. The summed E-state index contributed by atoms with van der Waals surface area (Å²) in [5.41, 5.74) is 4.40. The lowest BCUT2D eigenvalue weighted by Gasteiger charge is -2.33. The molecule has 0 unspecified atom stereocenters. The van der Waals surface area contributed by atoms with Crippen LogP contribution in [0.2, 0.25) is 0 Å². The van der Waals surface area contributed by atoms with E-state index in [9.17, 15) is 9.59 Å². The number of hydrogen-bond donors (Lipinski definition) is 1. The van der Waals surface area contributed by atoms with Crippen LogP contribution < -0.4 is 5.32 Å².